The van der Waals surface area contributed by atoms with E-state index in [1.165, 1.54) is 30.6 Å². The summed E-state index contributed by atoms with van der Waals surface area (Å²) in [5.74, 6) is -1.67. The van der Waals surface area contributed by atoms with Crippen LogP contribution < -0.4 is 5.32 Å². The fourth-order valence-electron chi connectivity index (χ4n) is 3.04. The van der Waals surface area contributed by atoms with Gasteiger partial charge in [0.1, 0.15) is 5.69 Å². The molecular formula is C23H16ClF2N5O. The molecule has 1 N–H and O–H groups in total. The third kappa shape index (κ3) is 4.92. The highest BCUT2D eigenvalue weighted by atomic mass is 35.5. The van der Waals surface area contributed by atoms with Crippen molar-refractivity contribution >= 4 is 17.5 Å². The van der Waals surface area contributed by atoms with Gasteiger partial charge < -0.3 is 5.32 Å². The number of nitrogens with zero attached hydrogens (tertiary/aromatic N) is 4. The summed E-state index contributed by atoms with van der Waals surface area (Å²) < 4.78 is 27.1. The van der Waals surface area contributed by atoms with Crippen molar-refractivity contribution in [1.29, 1.82) is 0 Å². The van der Waals surface area contributed by atoms with E-state index < -0.39 is 23.8 Å². The first-order valence-electron chi connectivity index (χ1n) is 9.58. The maximum absolute atomic E-state index is 13.7. The minimum Gasteiger partial charge on any atom is -0.344 e. The van der Waals surface area contributed by atoms with Crippen molar-refractivity contribution in [3.05, 3.63) is 95.2 Å². The van der Waals surface area contributed by atoms with Crippen molar-refractivity contribution in [3.8, 4) is 22.6 Å². The average molecular weight is 452 g/mol. The van der Waals surface area contributed by atoms with E-state index in [2.05, 4.69) is 25.3 Å². The first-order chi connectivity index (χ1) is 15.4. The van der Waals surface area contributed by atoms with Gasteiger partial charge in [-0.05, 0) is 48.9 Å². The quantitative estimate of drug-likeness (QED) is 0.431. The molecule has 0 aliphatic heterocycles. The van der Waals surface area contributed by atoms with E-state index >= 15 is 0 Å². The molecule has 4 rings (SSSR count). The molecule has 0 saturated carbocycles. The Balaban J connectivity index is 1.73. The van der Waals surface area contributed by atoms with E-state index in [1.807, 2.05) is 0 Å². The predicted molar refractivity (Wildman–Crippen MR) is 116 cm³/mol. The van der Waals surface area contributed by atoms with Crippen LogP contribution in [0.3, 0.4) is 0 Å². The molecule has 0 bridgehead atoms. The number of pyridine rings is 2. The third-order valence-electron chi connectivity index (χ3n) is 4.68. The van der Waals surface area contributed by atoms with Gasteiger partial charge in [-0.1, -0.05) is 23.7 Å². The largest absolute Gasteiger partial charge is 0.344 e. The third-order valence-corrected chi connectivity index (χ3v) is 4.93. The Kier molecular flexibility index (Phi) is 6.13. The summed E-state index contributed by atoms with van der Waals surface area (Å²) in [6, 6.07) is 13.5. The van der Waals surface area contributed by atoms with Gasteiger partial charge in [0.15, 0.2) is 5.82 Å². The molecule has 1 amide bonds. The van der Waals surface area contributed by atoms with E-state index in [-0.39, 0.29) is 11.5 Å². The molecule has 6 nitrogen and oxygen atoms in total. The smallest absolute Gasteiger partial charge is 0.270 e. The van der Waals surface area contributed by atoms with Crippen LogP contribution in [-0.2, 0) is 0 Å². The van der Waals surface area contributed by atoms with Crippen LogP contribution in [-0.4, -0.2) is 25.8 Å². The molecule has 0 aliphatic rings. The van der Waals surface area contributed by atoms with Crippen LogP contribution in [0.4, 0.5) is 8.78 Å². The standard InChI is InChI=1S/C23H16ClF2N5O/c1-13(15-6-8-27-20(25)10-15)29-23(32)19-12-18(14-2-4-17(24)5-3-14)30-22(31-19)16-7-9-28-21(26)11-16/h2-13H,1H3,(H,29,32). The molecule has 1 atom stereocenters. The van der Waals surface area contributed by atoms with Crippen LogP contribution in [0.1, 0.15) is 29.0 Å². The molecule has 0 saturated heterocycles. The summed E-state index contributed by atoms with van der Waals surface area (Å²) in [5.41, 5.74) is 2.14. The number of hydrogen-bond donors (Lipinski definition) is 1. The molecule has 0 fully saturated rings. The van der Waals surface area contributed by atoms with Gasteiger partial charge in [-0.2, -0.15) is 8.78 Å². The maximum atomic E-state index is 13.7. The molecule has 1 unspecified atom stereocenters. The Morgan fingerprint density at radius 3 is 2.28 bits per heavy atom. The summed E-state index contributed by atoms with van der Waals surface area (Å²) in [4.78, 5) is 28.9. The van der Waals surface area contributed by atoms with Crippen molar-refractivity contribution in [3.63, 3.8) is 0 Å². The van der Waals surface area contributed by atoms with Crippen molar-refractivity contribution in [1.82, 2.24) is 25.3 Å². The lowest BCUT2D eigenvalue weighted by Crippen LogP contribution is -2.28. The van der Waals surface area contributed by atoms with Crippen molar-refractivity contribution in [2.45, 2.75) is 13.0 Å². The Hall–Kier alpha value is -3.78. The zero-order chi connectivity index (χ0) is 22.7. The molecule has 9 heteroatoms. The summed E-state index contributed by atoms with van der Waals surface area (Å²) in [7, 11) is 0. The number of aromatic nitrogens is 4. The molecule has 32 heavy (non-hydrogen) atoms. The number of carbonyl (C=O) groups excluding carboxylic acids is 1. The molecule has 1 aromatic carbocycles. The van der Waals surface area contributed by atoms with E-state index in [0.717, 1.165) is 0 Å². The van der Waals surface area contributed by atoms with Gasteiger partial charge in [0.2, 0.25) is 11.9 Å². The Bertz CT molecular complexity index is 1280. The minimum absolute atomic E-state index is 0.0681. The number of hydrogen-bond acceptors (Lipinski definition) is 5. The molecule has 0 radical (unpaired) electrons. The number of amides is 1. The van der Waals surface area contributed by atoms with E-state index in [4.69, 9.17) is 11.6 Å². The molecule has 4 aromatic rings. The number of rotatable bonds is 5. The van der Waals surface area contributed by atoms with Gasteiger partial charge in [-0.3, -0.25) is 4.79 Å². The van der Waals surface area contributed by atoms with Gasteiger partial charge in [0.05, 0.1) is 11.7 Å². The SMILES string of the molecule is CC(NC(=O)c1cc(-c2ccc(Cl)cc2)nc(-c2ccnc(F)c2)n1)c1ccnc(F)c1. The van der Waals surface area contributed by atoms with E-state index in [1.54, 1.807) is 43.3 Å². The van der Waals surface area contributed by atoms with Gasteiger partial charge in [-0.15, -0.1) is 0 Å². The average Bonchev–Trinajstić information content (AvgIpc) is 2.79. The first kappa shape index (κ1) is 21.5. The lowest BCUT2D eigenvalue weighted by Gasteiger charge is -2.15. The number of benzene rings is 1. The van der Waals surface area contributed by atoms with Crippen LogP contribution in [0.25, 0.3) is 22.6 Å². The summed E-state index contributed by atoms with van der Waals surface area (Å²) in [6.45, 7) is 1.72. The van der Waals surface area contributed by atoms with Crippen LogP contribution in [0.5, 0.6) is 0 Å². The molecule has 0 aliphatic carbocycles. The van der Waals surface area contributed by atoms with E-state index in [0.29, 0.717) is 27.4 Å². The van der Waals surface area contributed by atoms with E-state index in [9.17, 15) is 13.6 Å². The lowest BCUT2D eigenvalue weighted by atomic mass is 10.1. The van der Waals surface area contributed by atoms with Crippen molar-refractivity contribution < 1.29 is 13.6 Å². The second-order valence-corrected chi connectivity index (χ2v) is 7.38. The fourth-order valence-corrected chi connectivity index (χ4v) is 3.17. The molecule has 3 aromatic heterocycles. The van der Waals surface area contributed by atoms with Crippen LogP contribution in [0, 0.1) is 11.9 Å². The molecule has 160 valence electrons. The number of carbonyl (C=O) groups is 1. The van der Waals surface area contributed by atoms with Crippen LogP contribution in [0.15, 0.2) is 67.0 Å². The monoisotopic (exact) mass is 451 g/mol. The first-order valence-corrected chi connectivity index (χ1v) is 9.96. The van der Waals surface area contributed by atoms with Gasteiger partial charge in [0.25, 0.3) is 5.91 Å². The van der Waals surface area contributed by atoms with Crippen LogP contribution >= 0.6 is 11.6 Å². The highest BCUT2D eigenvalue weighted by Gasteiger charge is 2.17. The van der Waals surface area contributed by atoms with Crippen LogP contribution in [0.2, 0.25) is 5.02 Å². The second kappa shape index (κ2) is 9.15. The Labute approximate surface area is 187 Å². The molecule has 0 spiro atoms. The zero-order valence-electron chi connectivity index (χ0n) is 16.8. The zero-order valence-corrected chi connectivity index (χ0v) is 17.5. The summed E-state index contributed by atoms with van der Waals surface area (Å²) in [5, 5.41) is 3.34. The minimum atomic E-state index is -0.692. The predicted octanol–water partition coefficient (Wildman–Crippen LogP) is 5.02. The number of halogens is 3. The van der Waals surface area contributed by atoms with Gasteiger partial charge in [-0.25, -0.2) is 19.9 Å². The molecule has 3 heterocycles. The highest BCUT2D eigenvalue weighted by molar-refractivity contribution is 6.30. The van der Waals surface area contributed by atoms with Crippen molar-refractivity contribution in [2.24, 2.45) is 0 Å². The van der Waals surface area contributed by atoms with Crippen molar-refractivity contribution in [2.75, 3.05) is 0 Å². The topological polar surface area (TPSA) is 80.7 Å². The van der Waals surface area contributed by atoms with Gasteiger partial charge >= 0.3 is 0 Å². The lowest BCUT2D eigenvalue weighted by molar-refractivity contribution is 0.0934. The number of nitrogens with one attached hydrogen (secondary N) is 1. The van der Waals surface area contributed by atoms with Gasteiger partial charge in [0, 0.05) is 34.6 Å². The normalized spacial score (nSPS) is 11.8. The Morgan fingerprint density at radius 1 is 0.906 bits per heavy atom. The summed E-state index contributed by atoms with van der Waals surface area (Å²) >= 11 is 5.98. The highest BCUT2D eigenvalue weighted by Crippen LogP contribution is 2.24. The fraction of sp³-hybridized carbons (Fsp3) is 0.0870. The maximum Gasteiger partial charge on any atom is 0.270 e. The second-order valence-electron chi connectivity index (χ2n) is 6.94. The molecular weight excluding hydrogens is 436 g/mol. The summed E-state index contributed by atoms with van der Waals surface area (Å²) in [6.07, 6.45) is 2.62. The Morgan fingerprint density at radius 2 is 1.59 bits per heavy atom.